The third kappa shape index (κ3) is 2.72. The summed E-state index contributed by atoms with van der Waals surface area (Å²) in [5.41, 5.74) is 1.97. The highest BCUT2D eigenvalue weighted by Gasteiger charge is 2.01. The number of hydrogen-bond donors (Lipinski definition) is 1. The average molecular weight is 220 g/mol. The summed E-state index contributed by atoms with van der Waals surface area (Å²) in [5.74, 6) is 5.95. The van der Waals surface area contributed by atoms with Gasteiger partial charge >= 0.3 is 0 Å². The third-order valence-electron chi connectivity index (χ3n) is 2.07. The number of nitrogens with zero attached hydrogens (tertiary/aromatic N) is 1. The van der Waals surface area contributed by atoms with E-state index in [0.29, 0.717) is 0 Å². The van der Waals surface area contributed by atoms with Crippen LogP contribution < -0.4 is 23.3 Å². The molecule has 0 aliphatic carbocycles. The first-order valence-electron chi connectivity index (χ1n) is 4.53. The summed E-state index contributed by atoms with van der Waals surface area (Å²) in [6.07, 6.45) is 0. The molecular weight excluding hydrogens is 208 g/mol. The molecule has 0 bridgehead atoms. The van der Waals surface area contributed by atoms with Gasteiger partial charge in [-0.1, -0.05) is 36.4 Å². The molecule has 3 heteroatoms. The summed E-state index contributed by atoms with van der Waals surface area (Å²) in [6.45, 7) is 0. The van der Waals surface area contributed by atoms with Gasteiger partial charge in [0.1, 0.15) is 0 Å². The lowest BCUT2D eigenvalue weighted by Crippen LogP contribution is -3.00. The third-order valence-corrected chi connectivity index (χ3v) is 2.07. The smallest absolute Gasteiger partial charge is 0.0575 e. The molecule has 0 fully saturated rings. The van der Waals surface area contributed by atoms with Gasteiger partial charge < -0.3 is 12.4 Å². The fraction of sp³-hybridized carbons (Fsp3) is 0. The van der Waals surface area contributed by atoms with Gasteiger partial charge in [0.2, 0.25) is 0 Å². The Hall–Kier alpha value is -1.51. The van der Waals surface area contributed by atoms with Crippen molar-refractivity contribution in [1.82, 2.24) is 0 Å². The van der Waals surface area contributed by atoms with Gasteiger partial charge in [-0.05, 0) is 24.3 Å². The molecule has 2 N–H and O–H groups in total. The van der Waals surface area contributed by atoms with Crippen molar-refractivity contribution in [1.29, 1.82) is 0 Å². The van der Waals surface area contributed by atoms with Crippen LogP contribution in [0.15, 0.2) is 60.7 Å². The largest absolute Gasteiger partial charge is 1.00 e. The molecule has 0 aromatic heterocycles. The zero-order chi connectivity index (χ0) is 9.80. The standard InChI is InChI=1S/C12H12N2.ClH/c13-14(11-7-3-1-4-8-11)12-9-5-2-6-10-12;/h1-10H,13H2;1H/p-1. The summed E-state index contributed by atoms with van der Waals surface area (Å²) in [7, 11) is 0. The highest BCUT2D eigenvalue weighted by Crippen LogP contribution is 2.20. The van der Waals surface area contributed by atoms with E-state index in [-0.39, 0.29) is 12.4 Å². The maximum absolute atomic E-state index is 5.95. The summed E-state index contributed by atoms with van der Waals surface area (Å²) in [6, 6.07) is 19.7. The maximum atomic E-state index is 5.95. The molecule has 15 heavy (non-hydrogen) atoms. The number of nitrogens with two attached hydrogens (primary N) is 1. The maximum Gasteiger partial charge on any atom is 0.0575 e. The van der Waals surface area contributed by atoms with Crippen molar-refractivity contribution in [3.8, 4) is 0 Å². The second kappa shape index (κ2) is 5.39. The Morgan fingerprint density at radius 1 is 0.667 bits per heavy atom. The van der Waals surface area contributed by atoms with E-state index in [2.05, 4.69) is 0 Å². The molecule has 2 rings (SSSR count). The summed E-state index contributed by atoms with van der Waals surface area (Å²) in [4.78, 5) is 0. The van der Waals surface area contributed by atoms with Crippen LogP contribution in [0.1, 0.15) is 0 Å². The van der Waals surface area contributed by atoms with Crippen LogP contribution in [0.2, 0.25) is 0 Å². The predicted molar refractivity (Wildman–Crippen MR) is 59.2 cm³/mol. The predicted octanol–water partition coefficient (Wildman–Crippen LogP) is -0.298. The van der Waals surface area contributed by atoms with Gasteiger partial charge in [-0.2, -0.15) is 0 Å². The monoisotopic (exact) mass is 219 g/mol. The molecule has 0 spiro atoms. The molecule has 2 aromatic rings. The normalized spacial score (nSPS) is 9.13. The zero-order valence-electron chi connectivity index (χ0n) is 8.18. The van der Waals surface area contributed by atoms with Crippen molar-refractivity contribution < 1.29 is 12.4 Å². The van der Waals surface area contributed by atoms with Crippen molar-refractivity contribution in [2.75, 3.05) is 5.01 Å². The Labute approximate surface area is 95.7 Å². The van der Waals surface area contributed by atoms with E-state index in [0.717, 1.165) is 11.4 Å². The highest BCUT2D eigenvalue weighted by atomic mass is 35.5. The van der Waals surface area contributed by atoms with E-state index in [4.69, 9.17) is 5.84 Å². The second-order valence-electron chi connectivity index (χ2n) is 3.04. The van der Waals surface area contributed by atoms with E-state index in [1.54, 1.807) is 5.01 Å². The van der Waals surface area contributed by atoms with Crippen LogP contribution in [0.4, 0.5) is 11.4 Å². The first-order valence-corrected chi connectivity index (χ1v) is 4.53. The number of halogens is 1. The van der Waals surface area contributed by atoms with Crippen LogP contribution in [0.3, 0.4) is 0 Å². The number of para-hydroxylation sites is 2. The first kappa shape index (κ1) is 11.6. The van der Waals surface area contributed by atoms with Gasteiger partial charge in [0.05, 0.1) is 11.4 Å². The molecule has 78 valence electrons. The Balaban J connectivity index is 0.00000112. The Bertz CT molecular complexity index is 349. The van der Waals surface area contributed by atoms with Crippen LogP contribution in [0, 0.1) is 0 Å². The van der Waals surface area contributed by atoms with Crippen LogP contribution in [-0.2, 0) is 0 Å². The lowest BCUT2D eigenvalue weighted by molar-refractivity contribution is -0.00000283. The Kier molecular flexibility index (Phi) is 4.16. The molecule has 0 saturated heterocycles. The SMILES string of the molecule is NN(c1ccccc1)c1ccccc1.[Cl-]. The molecule has 0 unspecified atom stereocenters. The van der Waals surface area contributed by atoms with Crippen molar-refractivity contribution in [3.63, 3.8) is 0 Å². The minimum Gasteiger partial charge on any atom is -1.00 e. The number of benzene rings is 2. The average Bonchev–Trinajstić information content (AvgIpc) is 2.30. The molecule has 2 nitrogen and oxygen atoms in total. The minimum atomic E-state index is 0. The van der Waals surface area contributed by atoms with Crippen LogP contribution in [0.5, 0.6) is 0 Å². The Morgan fingerprint density at radius 3 is 1.33 bits per heavy atom. The highest BCUT2D eigenvalue weighted by molar-refractivity contribution is 5.60. The van der Waals surface area contributed by atoms with Gasteiger partial charge in [-0.3, -0.25) is 5.01 Å². The quantitative estimate of drug-likeness (QED) is 0.555. The van der Waals surface area contributed by atoms with Gasteiger partial charge in [-0.25, -0.2) is 5.84 Å². The molecule has 0 heterocycles. The lowest BCUT2D eigenvalue weighted by atomic mass is 10.2. The van der Waals surface area contributed by atoms with Crippen LogP contribution >= 0.6 is 0 Å². The minimum absolute atomic E-state index is 0. The van der Waals surface area contributed by atoms with E-state index >= 15 is 0 Å². The van der Waals surface area contributed by atoms with Crippen molar-refractivity contribution in [2.45, 2.75) is 0 Å². The first-order chi connectivity index (χ1) is 6.88. The lowest BCUT2D eigenvalue weighted by Gasteiger charge is -2.18. The second-order valence-corrected chi connectivity index (χ2v) is 3.04. The Morgan fingerprint density at radius 2 is 1.00 bits per heavy atom. The molecular formula is C12H12ClN2-. The molecule has 2 aromatic carbocycles. The topological polar surface area (TPSA) is 29.3 Å². The molecule has 0 amide bonds. The van der Waals surface area contributed by atoms with Gasteiger partial charge in [0.15, 0.2) is 0 Å². The van der Waals surface area contributed by atoms with Crippen molar-refractivity contribution in [3.05, 3.63) is 60.7 Å². The van der Waals surface area contributed by atoms with E-state index in [1.807, 2.05) is 60.7 Å². The molecule has 0 radical (unpaired) electrons. The van der Waals surface area contributed by atoms with Gasteiger partial charge in [-0.15, -0.1) is 0 Å². The number of rotatable bonds is 2. The number of anilines is 2. The molecule has 0 atom stereocenters. The molecule has 0 aliphatic heterocycles. The molecule has 0 aliphatic rings. The summed E-state index contributed by atoms with van der Waals surface area (Å²) >= 11 is 0. The fourth-order valence-corrected chi connectivity index (χ4v) is 1.33. The summed E-state index contributed by atoms with van der Waals surface area (Å²) < 4.78 is 0. The molecule has 0 saturated carbocycles. The summed E-state index contributed by atoms with van der Waals surface area (Å²) in [5, 5.41) is 1.67. The van der Waals surface area contributed by atoms with E-state index < -0.39 is 0 Å². The van der Waals surface area contributed by atoms with Crippen molar-refractivity contribution in [2.24, 2.45) is 5.84 Å². The fourth-order valence-electron chi connectivity index (χ4n) is 1.33. The van der Waals surface area contributed by atoms with Crippen LogP contribution in [0.25, 0.3) is 0 Å². The van der Waals surface area contributed by atoms with E-state index in [9.17, 15) is 0 Å². The number of hydrazine groups is 1. The zero-order valence-corrected chi connectivity index (χ0v) is 8.93. The van der Waals surface area contributed by atoms with Crippen molar-refractivity contribution >= 4 is 11.4 Å². The van der Waals surface area contributed by atoms with Gasteiger partial charge in [0.25, 0.3) is 0 Å². The van der Waals surface area contributed by atoms with Crippen LogP contribution in [-0.4, -0.2) is 0 Å². The number of hydrogen-bond acceptors (Lipinski definition) is 2. The van der Waals surface area contributed by atoms with E-state index in [1.165, 1.54) is 0 Å². The van der Waals surface area contributed by atoms with Gasteiger partial charge in [0, 0.05) is 0 Å².